The maximum absolute atomic E-state index is 14.2. The molecular formula is C36H45BrN2O2S. The zero-order chi connectivity index (χ0) is 29.0. The van der Waals surface area contributed by atoms with Crippen LogP contribution in [0.25, 0.3) is 10.8 Å². The Hall–Kier alpha value is -2.67. The number of benzene rings is 4. The molecule has 224 valence electrons. The number of rotatable bonds is 10. The van der Waals surface area contributed by atoms with E-state index in [4.69, 9.17) is 0 Å². The Morgan fingerprint density at radius 3 is 2.10 bits per heavy atom. The van der Waals surface area contributed by atoms with Crippen molar-refractivity contribution in [1.29, 1.82) is 0 Å². The zero-order valence-electron chi connectivity index (χ0n) is 25.6. The van der Waals surface area contributed by atoms with Crippen molar-refractivity contribution in [2.24, 2.45) is 0 Å². The largest absolute Gasteiger partial charge is 1.00 e. The first kappa shape index (κ1) is 32.2. The van der Waals surface area contributed by atoms with Gasteiger partial charge >= 0.3 is 0 Å². The molecule has 0 atom stereocenters. The van der Waals surface area contributed by atoms with Crippen molar-refractivity contribution in [3.05, 3.63) is 107 Å². The van der Waals surface area contributed by atoms with Crippen molar-refractivity contribution in [1.82, 2.24) is 0 Å². The third kappa shape index (κ3) is 7.45. The van der Waals surface area contributed by atoms with Crippen molar-refractivity contribution in [2.45, 2.75) is 71.2 Å². The highest BCUT2D eigenvalue weighted by Crippen LogP contribution is 2.29. The molecule has 1 aliphatic heterocycles. The number of sulfonamides is 1. The minimum atomic E-state index is -3.73. The third-order valence-electron chi connectivity index (χ3n) is 8.90. The molecule has 1 fully saturated rings. The van der Waals surface area contributed by atoms with Gasteiger partial charge in [-0.05, 0) is 106 Å². The summed E-state index contributed by atoms with van der Waals surface area (Å²) in [4.78, 5) is 0.351. The van der Waals surface area contributed by atoms with Crippen molar-refractivity contribution in [3.8, 4) is 0 Å². The highest BCUT2D eigenvalue weighted by Gasteiger charge is 2.31. The second kappa shape index (κ2) is 13.7. The second-order valence-electron chi connectivity index (χ2n) is 12.3. The summed E-state index contributed by atoms with van der Waals surface area (Å²) in [5.41, 5.74) is 7.11. The summed E-state index contributed by atoms with van der Waals surface area (Å²) < 4.78 is 31.1. The van der Waals surface area contributed by atoms with Crippen LogP contribution < -0.4 is 21.3 Å². The molecule has 0 bridgehead atoms. The summed E-state index contributed by atoms with van der Waals surface area (Å²) >= 11 is 0. The molecule has 4 nitrogen and oxygen atoms in total. The predicted octanol–water partition coefficient (Wildman–Crippen LogP) is 5.25. The number of hydrogen-bond acceptors (Lipinski definition) is 2. The van der Waals surface area contributed by atoms with E-state index in [1.807, 2.05) is 54.6 Å². The molecule has 42 heavy (non-hydrogen) atoms. The Kier molecular flexibility index (Phi) is 10.6. The van der Waals surface area contributed by atoms with E-state index in [0.717, 1.165) is 52.4 Å². The number of unbranched alkanes of at least 4 members (excludes halogenated alkanes) is 1. The first-order valence-electron chi connectivity index (χ1n) is 15.2. The van der Waals surface area contributed by atoms with E-state index in [9.17, 15) is 8.42 Å². The topological polar surface area (TPSA) is 37.4 Å². The zero-order valence-corrected chi connectivity index (χ0v) is 28.0. The van der Waals surface area contributed by atoms with Crippen LogP contribution >= 0.6 is 0 Å². The Labute approximate surface area is 263 Å². The van der Waals surface area contributed by atoms with Gasteiger partial charge in [0.05, 0.1) is 30.2 Å². The number of halogens is 1. The lowest BCUT2D eigenvalue weighted by molar-refractivity contribution is -0.945. The molecule has 0 aliphatic carbocycles. The lowest BCUT2D eigenvalue weighted by atomic mass is 10.0. The molecule has 6 heteroatoms. The van der Waals surface area contributed by atoms with Crippen molar-refractivity contribution in [2.75, 3.05) is 30.5 Å². The fourth-order valence-electron chi connectivity index (χ4n) is 6.62. The van der Waals surface area contributed by atoms with Crippen LogP contribution in [0, 0.1) is 27.7 Å². The van der Waals surface area contributed by atoms with Crippen LogP contribution in [-0.2, 0) is 16.6 Å². The summed E-state index contributed by atoms with van der Waals surface area (Å²) in [6, 6.07) is 26.4. The Balaban J connectivity index is 0.00000405. The molecule has 1 heterocycles. The van der Waals surface area contributed by atoms with E-state index in [-0.39, 0.29) is 17.0 Å². The van der Waals surface area contributed by atoms with Gasteiger partial charge in [0.2, 0.25) is 0 Å². The van der Waals surface area contributed by atoms with E-state index < -0.39 is 10.0 Å². The Morgan fingerprint density at radius 2 is 1.40 bits per heavy atom. The molecule has 0 aromatic heterocycles. The van der Waals surface area contributed by atoms with E-state index in [2.05, 4.69) is 45.9 Å². The van der Waals surface area contributed by atoms with E-state index in [1.54, 1.807) is 10.4 Å². The normalized spacial score (nSPS) is 14.9. The maximum Gasteiger partial charge on any atom is 0.264 e. The van der Waals surface area contributed by atoms with Crippen LogP contribution in [0.4, 0.5) is 5.69 Å². The quantitative estimate of drug-likeness (QED) is 0.174. The molecule has 1 saturated heterocycles. The highest BCUT2D eigenvalue weighted by atomic mass is 79.9. The van der Waals surface area contributed by atoms with Gasteiger partial charge in [-0.15, -0.1) is 0 Å². The third-order valence-corrected chi connectivity index (χ3v) is 10.7. The monoisotopic (exact) mass is 648 g/mol. The van der Waals surface area contributed by atoms with Crippen LogP contribution in [0.5, 0.6) is 0 Å². The minimum absolute atomic E-state index is 0. The average Bonchev–Trinajstić information content (AvgIpc) is 2.94. The number of aryl methyl sites for hydroxylation is 4. The smallest absolute Gasteiger partial charge is 0.264 e. The summed E-state index contributed by atoms with van der Waals surface area (Å²) in [6.45, 7) is 13.6. The molecule has 0 radical (unpaired) electrons. The summed E-state index contributed by atoms with van der Waals surface area (Å²) in [5.74, 6) is 0. The average molecular weight is 650 g/mol. The molecule has 0 amide bonds. The van der Waals surface area contributed by atoms with Gasteiger partial charge in [-0.3, -0.25) is 4.31 Å². The van der Waals surface area contributed by atoms with Gasteiger partial charge in [-0.1, -0.05) is 65.7 Å². The number of fused-ring (bicyclic) bond motifs is 1. The molecule has 0 unspecified atom stereocenters. The van der Waals surface area contributed by atoms with E-state index in [0.29, 0.717) is 11.4 Å². The van der Waals surface area contributed by atoms with Crippen LogP contribution in [-0.4, -0.2) is 39.1 Å². The van der Waals surface area contributed by atoms with Gasteiger partial charge in [0.25, 0.3) is 10.0 Å². The molecule has 4 aromatic carbocycles. The maximum atomic E-state index is 14.2. The van der Waals surface area contributed by atoms with Gasteiger partial charge in [0.15, 0.2) is 0 Å². The number of piperidine rings is 1. The fourth-order valence-corrected chi connectivity index (χ4v) is 8.15. The summed E-state index contributed by atoms with van der Waals surface area (Å²) in [6.07, 6.45) is 5.69. The first-order valence-corrected chi connectivity index (χ1v) is 16.6. The van der Waals surface area contributed by atoms with Crippen molar-refractivity contribution < 1.29 is 29.9 Å². The summed E-state index contributed by atoms with van der Waals surface area (Å²) in [5, 5.41) is 1.99. The number of nitrogens with zero attached hydrogens (tertiary/aromatic N) is 2. The van der Waals surface area contributed by atoms with Gasteiger partial charge in [0, 0.05) is 12.1 Å². The SMILES string of the molecule is Cc1cc(C)cc(C[N+]2(CCCCN(c3ccc(C)c(C)c3)S(=O)(=O)c3ccc4ccccc4c3)CCCCC2)c1.[Br-]. The molecule has 1 aliphatic rings. The van der Waals surface area contributed by atoms with Gasteiger partial charge in [-0.25, -0.2) is 8.42 Å². The van der Waals surface area contributed by atoms with Crippen LogP contribution in [0.2, 0.25) is 0 Å². The van der Waals surface area contributed by atoms with Crippen molar-refractivity contribution in [3.63, 3.8) is 0 Å². The van der Waals surface area contributed by atoms with Gasteiger partial charge < -0.3 is 21.5 Å². The van der Waals surface area contributed by atoms with Crippen LogP contribution in [0.1, 0.15) is 59.9 Å². The predicted molar refractivity (Wildman–Crippen MR) is 172 cm³/mol. The number of anilines is 1. The lowest BCUT2D eigenvalue weighted by Gasteiger charge is -2.42. The molecule has 0 N–H and O–H groups in total. The van der Waals surface area contributed by atoms with Crippen LogP contribution in [0.3, 0.4) is 0 Å². The Morgan fingerprint density at radius 1 is 0.714 bits per heavy atom. The molecular weight excluding hydrogens is 604 g/mol. The van der Waals surface area contributed by atoms with Gasteiger partial charge in [-0.2, -0.15) is 0 Å². The number of hydrogen-bond donors (Lipinski definition) is 0. The van der Waals surface area contributed by atoms with Crippen LogP contribution in [0.15, 0.2) is 83.8 Å². The van der Waals surface area contributed by atoms with Gasteiger partial charge in [0.1, 0.15) is 6.54 Å². The second-order valence-corrected chi connectivity index (χ2v) is 14.2. The molecule has 4 aromatic rings. The number of likely N-dealkylation sites (tertiary alicyclic amines) is 1. The first-order chi connectivity index (χ1) is 19.6. The fraction of sp³-hybridized carbons (Fsp3) is 0.389. The van der Waals surface area contributed by atoms with E-state index >= 15 is 0 Å². The molecule has 0 saturated carbocycles. The minimum Gasteiger partial charge on any atom is -1.00 e. The molecule has 5 rings (SSSR count). The highest BCUT2D eigenvalue weighted by molar-refractivity contribution is 7.92. The Bertz CT molecular complexity index is 1610. The van der Waals surface area contributed by atoms with E-state index in [1.165, 1.54) is 54.6 Å². The lowest BCUT2D eigenvalue weighted by Crippen LogP contribution is -3.00. The standard InChI is InChI=1S/C36H45N2O2S.BrH/c1-28-22-29(2)24-32(23-28)27-38(19-9-5-10-20-38)21-11-8-18-37(35-16-14-30(3)31(4)25-35)41(39,40)36-17-15-33-12-6-7-13-34(33)26-36;/h6-7,12-17,22-26H,5,8-11,18-21,27H2,1-4H3;1H/q+1;/p-1. The van der Waals surface area contributed by atoms with Crippen molar-refractivity contribution >= 4 is 26.5 Å². The summed E-state index contributed by atoms with van der Waals surface area (Å²) in [7, 11) is -3.73. The number of quaternary nitrogens is 1. The molecule has 0 spiro atoms.